The third kappa shape index (κ3) is 4.17. The van der Waals surface area contributed by atoms with Crippen molar-refractivity contribution in [1.29, 1.82) is 0 Å². The maximum absolute atomic E-state index is 3.73. The predicted octanol–water partition coefficient (Wildman–Crippen LogP) is 1.10. The van der Waals surface area contributed by atoms with Gasteiger partial charge in [0, 0.05) is 25.7 Å². The Morgan fingerprint density at radius 1 is 1.55 bits per heavy atom. The van der Waals surface area contributed by atoms with Crippen molar-refractivity contribution in [2.45, 2.75) is 19.9 Å². The lowest BCUT2D eigenvalue weighted by atomic mass is 10.2. The van der Waals surface area contributed by atoms with Crippen LogP contribution in [0.1, 0.15) is 13.8 Å². The topological polar surface area (TPSA) is 15.3 Å². The van der Waals surface area contributed by atoms with Gasteiger partial charge in [-0.05, 0) is 7.05 Å². The van der Waals surface area contributed by atoms with Gasteiger partial charge in [-0.1, -0.05) is 19.9 Å². The molecule has 0 radical (unpaired) electrons. The molecular formula is C9H20N2. The minimum absolute atomic E-state index is 0.503. The zero-order valence-corrected chi connectivity index (χ0v) is 7.93. The third-order valence-corrected chi connectivity index (χ3v) is 1.69. The van der Waals surface area contributed by atoms with Gasteiger partial charge in [0.1, 0.15) is 0 Å². The van der Waals surface area contributed by atoms with Crippen LogP contribution >= 0.6 is 0 Å². The van der Waals surface area contributed by atoms with Crippen LogP contribution in [0.25, 0.3) is 0 Å². The molecule has 0 aromatic carbocycles. The molecule has 1 atom stereocenters. The number of hydrogen-bond donors (Lipinski definition) is 1. The third-order valence-electron chi connectivity index (χ3n) is 1.69. The van der Waals surface area contributed by atoms with Gasteiger partial charge in [-0.25, -0.2) is 0 Å². The second kappa shape index (κ2) is 6.38. The highest BCUT2D eigenvalue weighted by Crippen LogP contribution is 1.94. The predicted molar refractivity (Wildman–Crippen MR) is 50.8 cm³/mol. The highest BCUT2D eigenvalue weighted by atomic mass is 15.2. The first-order valence-electron chi connectivity index (χ1n) is 4.37. The molecule has 1 aliphatic heterocycles. The van der Waals surface area contributed by atoms with E-state index < -0.39 is 0 Å². The maximum Gasteiger partial charge on any atom is 0.0376 e. The molecule has 0 bridgehead atoms. The van der Waals surface area contributed by atoms with E-state index in [9.17, 15) is 0 Å². The summed E-state index contributed by atoms with van der Waals surface area (Å²) < 4.78 is 0. The van der Waals surface area contributed by atoms with Crippen molar-refractivity contribution in [3.8, 4) is 0 Å². The molecular weight excluding hydrogens is 136 g/mol. The normalized spacial score (nSPS) is 25.2. The number of nitrogens with zero attached hydrogens (tertiary/aromatic N) is 1. The molecule has 66 valence electrons. The van der Waals surface area contributed by atoms with Crippen molar-refractivity contribution in [1.82, 2.24) is 10.2 Å². The van der Waals surface area contributed by atoms with Crippen LogP contribution in [0.5, 0.6) is 0 Å². The number of hydrogen-bond acceptors (Lipinski definition) is 2. The summed E-state index contributed by atoms with van der Waals surface area (Å²) >= 11 is 0. The monoisotopic (exact) mass is 156 g/mol. The molecule has 1 N–H and O–H groups in total. The lowest BCUT2D eigenvalue weighted by molar-refractivity contribution is 0.261. The van der Waals surface area contributed by atoms with Crippen molar-refractivity contribution >= 4 is 0 Å². The summed E-state index contributed by atoms with van der Waals surface area (Å²) in [7, 11) is 2.14. The summed E-state index contributed by atoms with van der Waals surface area (Å²) in [6.45, 7) is 11.1. The van der Waals surface area contributed by atoms with Crippen LogP contribution in [-0.2, 0) is 0 Å². The SMILES string of the molecule is C=CC1CN(C)CCN1.CC. The second-order valence-corrected chi connectivity index (χ2v) is 2.56. The lowest BCUT2D eigenvalue weighted by Gasteiger charge is -2.28. The van der Waals surface area contributed by atoms with Gasteiger partial charge in [-0.15, -0.1) is 6.58 Å². The summed E-state index contributed by atoms with van der Waals surface area (Å²) in [5.41, 5.74) is 0. The Morgan fingerprint density at radius 3 is 2.55 bits per heavy atom. The molecule has 11 heavy (non-hydrogen) atoms. The van der Waals surface area contributed by atoms with Gasteiger partial charge in [0.25, 0.3) is 0 Å². The number of rotatable bonds is 1. The fraction of sp³-hybridized carbons (Fsp3) is 0.778. The molecule has 0 spiro atoms. The van der Waals surface area contributed by atoms with Crippen LogP contribution in [0.2, 0.25) is 0 Å². The van der Waals surface area contributed by atoms with E-state index in [0.29, 0.717) is 6.04 Å². The quantitative estimate of drug-likeness (QED) is 0.572. The fourth-order valence-corrected chi connectivity index (χ4v) is 1.09. The Balaban J connectivity index is 0.000000461. The summed E-state index contributed by atoms with van der Waals surface area (Å²) in [4.78, 5) is 2.31. The van der Waals surface area contributed by atoms with Crippen LogP contribution in [0.15, 0.2) is 12.7 Å². The summed E-state index contributed by atoms with van der Waals surface area (Å²) in [6, 6.07) is 0.503. The zero-order chi connectivity index (χ0) is 8.69. The van der Waals surface area contributed by atoms with Gasteiger partial charge in [0.05, 0.1) is 0 Å². The molecule has 1 unspecified atom stereocenters. The molecule has 0 aromatic heterocycles. The molecule has 0 aliphatic carbocycles. The van der Waals surface area contributed by atoms with Gasteiger partial charge in [0.2, 0.25) is 0 Å². The average Bonchev–Trinajstić information content (AvgIpc) is 2.08. The van der Waals surface area contributed by atoms with Crippen molar-refractivity contribution in [2.24, 2.45) is 0 Å². The lowest BCUT2D eigenvalue weighted by Crippen LogP contribution is -2.47. The fourth-order valence-electron chi connectivity index (χ4n) is 1.09. The maximum atomic E-state index is 3.73. The van der Waals surface area contributed by atoms with Crippen LogP contribution < -0.4 is 5.32 Å². The Morgan fingerprint density at radius 2 is 2.18 bits per heavy atom. The van der Waals surface area contributed by atoms with E-state index >= 15 is 0 Å². The second-order valence-electron chi connectivity index (χ2n) is 2.56. The van der Waals surface area contributed by atoms with Gasteiger partial charge < -0.3 is 10.2 Å². The first-order valence-corrected chi connectivity index (χ1v) is 4.37. The smallest absolute Gasteiger partial charge is 0.0376 e. The van der Waals surface area contributed by atoms with Gasteiger partial charge in [-0.2, -0.15) is 0 Å². The van der Waals surface area contributed by atoms with E-state index in [-0.39, 0.29) is 0 Å². The van der Waals surface area contributed by atoms with E-state index in [1.807, 2.05) is 19.9 Å². The highest BCUT2D eigenvalue weighted by molar-refractivity contribution is 4.90. The van der Waals surface area contributed by atoms with Crippen LogP contribution in [0.4, 0.5) is 0 Å². The molecule has 1 saturated heterocycles. The average molecular weight is 156 g/mol. The van der Waals surface area contributed by atoms with Crippen molar-refractivity contribution in [3.05, 3.63) is 12.7 Å². The van der Waals surface area contributed by atoms with Gasteiger partial charge in [0.15, 0.2) is 0 Å². The molecule has 2 heteroatoms. The van der Waals surface area contributed by atoms with Crippen LogP contribution in [-0.4, -0.2) is 37.6 Å². The van der Waals surface area contributed by atoms with E-state index in [1.165, 1.54) is 0 Å². The first kappa shape index (κ1) is 10.7. The standard InChI is InChI=1S/C7H14N2.C2H6/c1-3-7-6-9(2)5-4-8-7;1-2/h3,7-8H,1,4-6H2,2H3;1-2H3. The van der Waals surface area contributed by atoms with Gasteiger partial charge >= 0.3 is 0 Å². The van der Waals surface area contributed by atoms with Crippen molar-refractivity contribution < 1.29 is 0 Å². The minimum atomic E-state index is 0.503. The molecule has 1 heterocycles. The number of nitrogens with one attached hydrogen (secondary N) is 1. The Labute approximate surface area is 70.3 Å². The highest BCUT2D eigenvalue weighted by Gasteiger charge is 2.11. The molecule has 0 aromatic rings. The van der Waals surface area contributed by atoms with Crippen molar-refractivity contribution in [3.63, 3.8) is 0 Å². The Hall–Kier alpha value is -0.340. The first-order chi connectivity index (χ1) is 5.33. The Bertz CT molecular complexity index is 102. The van der Waals surface area contributed by atoms with E-state index in [0.717, 1.165) is 19.6 Å². The van der Waals surface area contributed by atoms with Gasteiger partial charge in [-0.3, -0.25) is 0 Å². The van der Waals surface area contributed by atoms with E-state index in [2.05, 4.69) is 23.8 Å². The molecule has 1 aliphatic rings. The molecule has 1 rings (SSSR count). The zero-order valence-electron chi connectivity index (χ0n) is 7.93. The van der Waals surface area contributed by atoms with Crippen LogP contribution in [0.3, 0.4) is 0 Å². The van der Waals surface area contributed by atoms with E-state index in [1.54, 1.807) is 0 Å². The van der Waals surface area contributed by atoms with Crippen molar-refractivity contribution in [2.75, 3.05) is 26.7 Å². The number of likely N-dealkylation sites (N-methyl/N-ethyl adjacent to an activating group) is 1. The summed E-state index contributed by atoms with van der Waals surface area (Å²) in [6.07, 6.45) is 1.97. The molecule has 0 saturated carbocycles. The minimum Gasteiger partial charge on any atom is -0.308 e. The van der Waals surface area contributed by atoms with E-state index in [4.69, 9.17) is 0 Å². The largest absolute Gasteiger partial charge is 0.308 e. The summed E-state index contributed by atoms with van der Waals surface area (Å²) in [5, 5.41) is 3.34. The molecule has 0 amide bonds. The summed E-state index contributed by atoms with van der Waals surface area (Å²) in [5.74, 6) is 0. The van der Waals surface area contributed by atoms with Crippen LogP contribution in [0, 0.1) is 0 Å². The Kier molecular flexibility index (Phi) is 6.18. The number of piperazine rings is 1. The molecule has 1 fully saturated rings. The molecule has 2 nitrogen and oxygen atoms in total.